The molecule has 2 aromatic carbocycles. The van der Waals surface area contributed by atoms with Crippen molar-refractivity contribution in [2.75, 3.05) is 16.8 Å². The van der Waals surface area contributed by atoms with Gasteiger partial charge in [-0.15, -0.1) is 0 Å². The first-order valence-electron chi connectivity index (χ1n) is 11.4. The highest BCUT2D eigenvalue weighted by atomic mass is 16.5. The van der Waals surface area contributed by atoms with Crippen LogP contribution in [0.5, 0.6) is 5.75 Å². The second-order valence-electron chi connectivity index (χ2n) is 9.66. The number of Topliss-reactive ketones (excluding diaryl/α,β-unsaturated/α-hetero) is 1. The lowest BCUT2D eigenvalue weighted by molar-refractivity contribution is -0.125. The number of benzene rings is 2. The maximum Gasteiger partial charge on any atom is 0.230 e. The number of para-hydroxylation sites is 2. The summed E-state index contributed by atoms with van der Waals surface area (Å²) in [5, 5.41) is 3.52. The molecular weight excluding hydrogens is 400 g/mol. The number of nitrogens with one attached hydrogen (secondary N) is 1. The van der Waals surface area contributed by atoms with Crippen LogP contribution in [0.15, 0.2) is 60.3 Å². The number of amides is 1. The number of allylic oxidation sites excluding steroid dienone is 1. The van der Waals surface area contributed by atoms with Crippen LogP contribution < -0.4 is 15.0 Å². The van der Waals surface area contributed by atoms with E-state index in [1.54, 1.807) is 0 Å². The summed E-state index contributed by atoms with van der Waals surface area (Å²) in [7, 11) is 0. The van der Waals surface area contributed by atoms with E-state index in [0.717, 1.165) is 28.4 Å². The number of rotatable bonds is 4. The summed E-state index contributed by atoms with van der Waals surface area (Å²) in [4.78, 5) is 29.1. The average molecular weight is 433 g/mol. The third kappa shape index (κ3) is 4.04. The molecule has 4 rings (SSSR count). The molecule has 2 aliphatic rings. The number of nitrogens with zero attached hydrogens (tertiary/aromatic N) is 1. The van der Waals surface area contributed by atoms with Crippen LogP contribution in [0.4, 0.5) is 11.4 Å². The molecule has 0 aromatic heterocycles. The number of ether oxygens (including phenoxy) is 1. The smallest absolute Gasteiger partial charge is 0.230 e. The van der Waals surface area contributed by atoms with Crippen molar-refractivity contribution in [1.82, 2.24) is 0 Å². The summed E-state index contributed by atoms with van der Waals surface area (Å²) in [6, 6.07) is 15.2. The van der Waals surface area contributed by atoms with Gasteiger partial charge in [0.2, 0.25) is 5.91 Å². The molecule has 32 heavy (non-hydrogen) atoms. The van der Waals surface area contributed by atoms with Gasteiger partial charge in [-0.3, -0.25) is 9.59 Å². The first-order valence-corrected chi connectivity index (χ1v) is 11.4. The third-order valence-electron chi connectivity index (χ3n) is 6.16. The largest absolute Gasteiger partial charge is 0.494 e. The molecule has 0 saturated carbocycles. The Kier molecular flexibility index (Phi) is 5.85. The molecule has 0 spiro atoms. The van der Waals surface area contributed by atoms with E-state index in [-0.39, 0.29) is 23.0 Å². The zero-order valence-electron chi connectivity index (χ0n) is 19.5. The van der Waals surface area contributed by atoms with Crippen molar-refractivity contribution in [2.45, 2.75) is 47.1 Å². The maximum absolute atomic E-state index is 13.6. The predicted molar refractivity (Wildman–Crippen MR) is 128 cm³/mol. The van der Waals surface area contributed by atoms with Crippen LogP contribution in [0.25, 0.3) is 0 Å². The average Bonchev–Trinajstić information content (AvgIpc) is 2.87. The second-order valence-corrected chi connectivity index (χ2v) is 9.66. The van der Waals surface area contributed by atoms with Crippen molar-refractivity contribution in [3.63, 3.8) is 0 Å². The lowest BCUT2D eigenvalue weighted by atomic mass is 9.72. The van der Waals surface area contributed by atoms with Crippen LogP contribution in [-0.2, 0) is 9.59 Å². The Morgan fingerprint density at radius 2 is 1.84 bits per heavy atom. The van der Waals surface area contributed by atoms with E-state index < -0.39 is 12.0 Å². The molecule has 0 bridgehead atoms. The van der Waals surface area contributed by atoms with Crippen LogP contribution in [-0.4, -0.2) is 18.3 Å². The monoisotopic (exact) mass is 432 g/mol. The first kappa shape index (κ1) is 22.1. The summed E-state index contributed by atoms with van der Waals surface area (Å²) in [6.45, 7) is 10.5. The molecule has 1 heterocycles. The molecule has 0 fully saturated rings. The number of hydrogen-bond acceptors (Lipinski definition) is 4. The minimum atomic E-state index is -0.462. The molecule has 168 valence electrons. The Bertz CT molecular complexity index is 1050. The van der Waals surface area contributed by atoms with Crippen molar-refractivity contribution in [3.8, 4) is 5.75 Å². The molecule has 5 nitrogen and oxygen atoms in total. The summed E-state index contributed by atoms with van der Waals surface area (Å²) >= 11 is 0. The van der Waals surface area contributed by atoms with Crippen LogP contribution in [0.2, 0.25) is 0 Å². The zero-order valence-corrected chi connectivity index (χ0v) is 19.5. The Labute approximate surface area is 190 Å². The fourth-order valence-electron chi connectivity index (χ4n) is 4.80. The van der Waals surface area contributed by atoms with E-state index >= 15 is 0 Å². The van der Waals surface area contributed by atoms with E-state index in [1.807, 2.05) is 74.2 Å². The normalized spacial score (nSPS) is 21.8. The minimum absolute atomic E-state index is 0.00276. The lowest BCUT2D eigenvalue weighted by Crippen LogP contribution is -2.45. The van der Waals surface area contributed by atoms with Crippen molar-refractivity contribution >= 4 is 23.1 Å². The Morgan fingerprint density at radius 3 is 2.50 bits per heavy atom. The summed E-state index contributed by atoms with van der Waals surface area (Å²) in [5.41, 5.74) is 3.19. The molecule has 1 amide bonds. The molecule has 0 radical (unpaired) electrons. The van der Waals surface area contributed by atoms with Gasteiger partial charge in [-0.1, -0.05) is 58.0 Å². The Hall–Kier alpha value is -3.08. The fourth-order valence-corrected chi connectivity index (χ4v) is 4.80. The van der Waals surface area contributed by atoms with E-state index in [0.29, 0.717) is 13.0 Å². The van der Waals surface area contributed by atoms with Crippen molar-refractivity contribution < 1.29 is 14.3 Å². The highest BCUT2D eigenvalue weighted by Gasteiger charge is 2.46. The summed E-state index contributed by atoms with van der Waals surface area (Å²) in [5.74, 6) is 0.243. The third-order valence-corrected chi connectivity index (χ3v) is 6.16. The van der Waals surface area contributed by atoms with E-state index in [2.05, 4.69) is 25.2 Å². The van der Waals surface area contributed by atoms with Gasteiger partial charge in [0, 0.05) is 18.0 Å². The standard InChI is InChI=1S/C27H32N2O3/c1-6-32-19-13-11-18(12-14-19)25-24-21(15-27(4,5)16-23(24)30)28-20-9-7-8-10-22(20)29(25)26(31)17(2)3/h7-15,17,24-25,28H,6,16H2,1-5H3. The van der Waals surface area contributed by atoms with Gasteiger partial charge in [0.15, 0.2) is 0 Å². The number of fused-ring (bicyclic) bond motifs is 2. The Balaban J connectivity index is 1.95. The quantitative estimate of drug-likeness (QED) is 0.669. The van der Waals surface area contributed by atoms with E-state index in [9.17, 15) is 9.59 Å². The van der Waals surface area contributed by atoms with Gasteiger partial charge >= 0.3 is 0 Å². The number of ketones is 1. The number of carbonyl (C=O) groups is 2. The van der Waals surface area contributed by atoms with E-state index in [4.69, 9.17) is 4.74 Å². The number of carbonyl (C=O) groups excluding carboxylic acids is 2. The van der Waals surface area contributed by atoms with Crippen molar-refractivity contribution in [3.05, 3.63) is 65.9 Å². The van der Waals surface area contributed by atoms with Gasteiger partial charge in [-0.2, -0.15) is 0 Å². The maximum atomic E-state index is 13.6. The van der Waals surface area contributed by atoms with Gasteiger partial charge in [0.25, 0.3) is 0 Å². The molecule has 1 aliphatic heterocycles. The van der Waals surface area contributed by atoms with Crippen LogP contribution >= 0.6 is 0 Å². The highest BCUT2D eigenvalue weighted by Crippen LogP contribution is 2.49. The van der Waals surface area contributed by atoms with E-state index in [1.165, 1.54) is 0 Å². The van der Waals surface area contributed by atoms with Crippen LogP contribution in [0, 0.1) is 17.3 Å². The van der Waals surface area contributed by atoms with Crippen molar-refractivity contribution in [2.24, 2.45) is 17.3 Å². The SMILES string of the molecule is CCOc1ccc(C2C3C(=O)CC(C)(C)C=C3Nc3ccccc3N2C(=O)C(C)C)cc1. The van der Waals surface area contributed by atoms with Gasteiger partial charge < -0.3 is 15.0 Å². The fraction of sp³-hybridized carbons (Fsp3) is 0.407. The molecule has 1 aliphatic carbocycles. The molecule has 5 heteroatoms. The summed E-state index contributed by atoms with van der Waals surface area (Å²) in [6.07, 6.45) is 2.61. The van der Waals surface area contributed by atoms with Crippen LogP contribution in [0.1, 0.15) is 52.6 Å². The first-order chi connectivity index (χ1) is 15.2. The zero-order chi connectivity index (χ0) is 23.0. The minimum Gasteiger partial charge on any atom is -0.494 e. The molecule has 2 aromatic rings. The molecule has 0 saturated heterocycles. The Morgan fingerprint density at radius 1 is 1.16 bits per heavy atom. The predicted octanol–water partition coefficient (Wildman–Crippen LogP) is 5.74. The van der Waals surface area contributed by atoms with Gasteiger partial charge in [-0.25, -0.2) is 0 Å². The highest BCUT2D eigenvalue weighted by molar-refractivity contribution is 6.02. The number of anilines is 2. The van der Waals surface area contributed by atoms with Crippen LogP contribution in [0.3, 0.4) is 0 Å². The molecule has 1 N–H and O–H groups in total. The topological polar surface area (TPSA) is 58.6 Å². The molecule has 2 atom stereocenters. The van der Waals surface area contributed by atoms with Gasteiger partial charge in [0.1, 0.15) is 11.5 Å². The second kappa shape index (κ2) is 8.45. The number of hydrogen-bond donors (Lipinski definition) is 1. The molecular formula is C27H32N2O3. The summed E-state index contributed by atoms with van der Waals surface area (Å²) < 4.78 is 5.63. The molecule has 2 unspecified atom stereocenters. The van der Waals surface area contributed by atoms with Gasteiger partial charge in [-0.05, 0) is 42.2 Å². The lowest BCUT2D eigenvalue weighted by Gasteiger charge is -2.39. The van der Waals surface area contributed by atoms with Crippen molar-refractivity contribution in [1.29, 1.82) is 0 Å². The van der Waals surface area contributed by atoms with Gasteiger partial charge in [0.05, 0.1) is 29.9 Å².